The summed E-state index contributed by atoms with van der Waals surface area (Å²) >= 11 is 0. The summed E-state index contributed by atoms with van der Waals surface area (Å²) in [5.74, 6) is 0.376. The highest BCUT2D eigenvalue weighted by molar-refractivity contribution is 6.06. The predicted octanol–water partition coefficient (Wildman–Crippen LogP) is 4.47. The van der Waals surface area contributed by atoms with Gasteiger partial charge in [0.15, 0.2) is 0 Å². The Morgan fingerprint density at radius 1 is 1.16 bits per heavy atom. The normalized spacial score (nSPS) is 10.5. The molecule has 0 unspecified atom stereocenters. The van der Waals surface area contributed by atoms with E-state index in [-0.39, 0.29) is 0 Å². The van der Waals surface area contributed by atoms with Gasteiger partial charge in [0.1, 0.15) is 11.3 Å². The highest BCUT2D eigenvalue weighted by Crippen LogP contribution is 2.31. The van der Waals surface area contributed by atoms with E-state index >= 15 is 0 Å². The first kappa shape index (κ1) is 16.8. The minimum atomic E-state index is -0.394. The number of hydrogen-bond acceptors (Lipinski definition) is 5. The summed E-state index contributed by atoms with van der Waals surface area (Å²) in [5, 5.41) is 4.21. The summed E-state index contributed by atoms with van der Waals surface area (Å²) in [6.45, 7) is 4.09. The molecule has 3 rings (SSSR count). The fourth-order valence-corrected chi connectivity index (χ4v) is 2.69. The summed E-state index contributed by atoms with van der Waals surface area (Å²) in [7, 11) is 1.63. The van der Waals surface area contributed by atoms with Crippen LogP contribution in [0.4, 0.5) is 11.4 Å². The molecule has 0 aliphatic heterocycles. The SMILES string of the molecule is CCOC(=O)c1cnc2c(C)cccc2c1Nc1ccc(OC)cc1. The third-order valence-electron chi connectivity index (χ3n) is 3.95. The van der Waals surface area contributed by atoms with Crippen LogP contribution in [0.2, 0.25) is 0 Å². The second kappa shape index (κ2) is 7.21. The number of esters is 1. The molecule has 1 heterocycles. The van der Waals surface area contributed by atoms with E-state index in [9.17, 15) is 4.79 Å². The second-order valence-electron chi connectivity index (χ2n) is 5.59. The van der Waals surface area contributed by atoms with Gasteiger partial charge in [-0.3, -0.25) is 4.98 Å². The minimum Gasteiger partial charge on any atom is -0.497 e. The van der Waals surface area contributed by atoms with Crippen molar-refractivity contribution in [1.82, 2.24) is 4.98 Å². The number of anilines is 2. The Bertz CT molecular complexity index is 905. The summed E-state index contributed by atoms with van der Waals surface area (Å²) in [4.78, 5) is 16.8. The Morgan fingerprint density at radius 3 is 2.60 bits per heavy atom. The van der Waals surface area contributed by atoms with E-state index in [0.29, 0.717) is 17.9 Å². The standard InChI is InChI=1S/C20H20N2O3/c1-4-25-20(23)17-12-21-18-13(2)6-5-7-16(18)19(17)22-14-8-10-15(24-3)11-9-14/h5-12H,4H2,1-3H3,(H,21,22). The first-order valence-corrected chi connectivity index (χ1v) is 8.10. The number of fused-ring (bicyclic) bond motifs is 1. The number of hydrogen-bond donors (Lipinski definition) is 1. The van der Waals surface area contributed by atoms with Crippen LogP contribution in [-0.2, 0) is 4.74 Å². The number of para-hydroxylation sites is 1. The Hall–Kier alpha value is -3.08. The third-order valence-corrected chi connectivity index (χ3v) is 3.95. The topological polar surface area (TPSA) is 60.5 Å². The molecule has 25 heavy (non-hydrogen) atoms. The maximum absolute atomic E-state index is 12.4. The van der Waals surface area contributed by atoms with Gasteiger partial charge < -0.3 is 14.8 Å². The fraction of sp³-hybridized carbons (Fsp3) is 0.200. The molecule has 0 amide bonds. The molecule has 5 nitrogen and oxygen atoms in total. The Kier molecular flexibility index (Phi) is 4.84. The van der Waals surface area contributed by atoms with Gasteiger partial charge in [-0.05, 0) is 43.7 Å². The average molecular weight is 336 g/mol. The number of nitrogens with one attached hydrogen (secondary N) is 1. The van der Waals surface area contributed by atoms with Crippen LogP contribution in [0, 0.1) is 6.92 Å². The molecule has 2 aromatic carbocycles. The number of benzene rings is 2. The number of carbonyl (C=O) groups is 1. The smallest absolute Gasteiger partial charge is 0.341 e. The lowest BCUT2D eigenvalue weighted by Crippen LogP contribution is -2.09. The number of aryl methyl sites for hydroxylation is 1. The van der Waals surface area contributed by atoms with Crippen molar-refractivity contribution in [1.29, 1.82) is 0 Å². The van der Waals surface area contributed by atoms with Crippen molar-refractivity contribution in [2.45, 2.75) is 13.8 Å². The lowest BCUT2D eigenvalue weighted by Gasteiger charge is -2.15. The van der Waals surface area contributed by atoms with Crippen molar-refractivity contribution in [3.63, 3.8) is 0 Å². The maximum Gasteiger partial charge on any atom is 0.341 e. The van der Waals surface area contributed by atoms with Gasteiger partial charge in [0, 0.05) is 17.3 Å². The number of aromatic nitrogens is 1. The zero-order chi connectivity index (χ0) is 17.8. The molecule has 5 heteroatoms. The third kappa shape index (κ3) is 3.40. The highest BCUT2D eigenvalue weighted by Gasteiger charge is 2.17. The Balaban J connectivity index is 2.12. The van der Waals surface area contributed by atoms with Crippen molar-refractivity contribution < 1.29 is 14.3 Å². The van der Waals surface area contributed by atoms with Crippen molar-refractivity contribution in [3.05, 3.63) is 59.8 Å². The van der Waals surface area contributed by atoms with Crippen molar-refractivity contribution >= 4 is 28.2 Å². The lowest BCUT2D eigenvalue weighted by atomic mass is 10.1. The van der Waals surface area contributed by atoms with Crippen LogP contribution in [0.25, 0.3) is 10.9 Å². The van der Waals surface area contributed by atoms with Crippen LogP contribution in [0.3, 0.4) is 0 Å². The van der Waals surface area contributed by atoms with E-state index in [1.54, 1.807) is 20.2 Å². The van der Waals surface area contributed by atoms with E-state index in [4.69, 9.17) is 9.47 Å². The van der Waals surface area contributed by atoms with Gasteiger partial charge >= 0.3 is 5.97 Å². The molecule has 3 aromatic rings. The molecule has 1 aromatic heterocycles. The van der Waals surface area contributed by atoms with Crippen molar-refractivity contribution in [3.8, 4) is 5.75 Å². The molecule has 0 aliphatic carbocycles. The largest absolute Gasteiger partial charge is 0.497 e. The summed E-state index contributed by atoms with van der Waals surface area (Å²) in [5.41, 5.74) is 3.85. The van der Waals surface area contributed by atoms with Gasteiger partial charge in [-0.25, -0.2) is 4.79 Å². The zero-order valence-corrected chi connectivity index (χ0v) is 14.5. The average Bonchev–Trinajstić information content (AvgIpc) is 2.63. The van der Waals surface area contributed by atoms with E-state index in [2.05, 4.69) is 10.3 Å². The van der Waals surface area contributed by atoms with Gasteiger partial charge in [0.05, 0.1) is 24.9 Å². The van der Waals surface area contributed by atoms with Crippen LogP contribution in [-0.4, -0.2) is 24.7 Å². The molecule has 128 valence electrons. The first-order valence-electron chi connectivity index (χ1n) is 8.10. The van der Waals surface area contributed by atoms with Gasteiger partial charge in [0.25, 0.3) is 0 Å². The van der Waals surface area contributed by atoms with E-state index in [1.165, 1.54) is 0 Å². The Morgan fingerprint density at radius 2 is 1.92 bits per heavy atom. The number of carbonyl (C=O) groups excluding carboxylic acids is 1. The molecule has 0 spiro atoms. The molecule has 0 saturated carbocycles. The summed E-state index contributed by atoms with van der Waals surface area (Å²) < 4.78 is 10.4. The first-order chi connectivity index (χ1) is 12.1. The van der Waals surface area contributed by atoms with E-state index < -0.39 is 5.97 Å². The second-order valence-corrected chi connectivity index (χ2v) is 5.59. The molecule has 0 radical (unpaired) electrons. The molecule has 0 fully saturated rings. The molecule has 0 aliphatic rings. The molecular formula is C20H20N2O3. The van der Waals surface area contributed by atoms with Crippen LogP contribution in [0.1, 0.15) is 22.8 Å². The number of pyridine rings is 1. The quantitative estimate of drug-likeness (QED) is 0.697. The number of nitrogens with zero attached hydrogens (tertiary/aromatic N) is 1. The van der Waals surface area contributed by atoms with Crippen molar-refractivity contribution in [2.75, 3.05) is 19.0 Å². The van der Waals surface area contributed by atoms with Crippen molar-refractivity contribution in [2.24, 2.45) is 0 Å². The number of rotatable bonds is 5. The monoisotopic (exact) mass is 336 g/mol. The summed E-state index contributed by atoms with van der Waals surface area (Å²) in [6, 6.07) is 13.4. The van der Waals surface area contributed by atoms with Crippen LogP contribution in [0.15, 0.2) is 48.7 Å². The molecular weight excluding hydrogens is 316 g/mol. The highest BCUT2D eigenvalue weighted by atomic mass is 16.5. The van der Waals surface area contributed by atoms with Gasteiger partial charge in [-0.15, -0.1) is 0 Å². The van der Waals surface area contributed by atoms with Crippen LogP contribution >= 0.6 is 0 Å². The number of ether oxygens (including phenoxy) is 2. The molecule has 1 N–H and O–H groups in total. The van der Waals surface area contributed by atoms with Gasteiger partial charge in [-0.1, -0.05) is 18.2 Å². The Labute approximate surface area is 146 Å². The van der Waals surface area contributed by atoms with Gasteiger partial charge in [-0.2, -0.15) is 0 Å². The van der Waals surface area contributed by atoms with E-state index in [0.717, 1.165) is 27.9 Å². The van der Waals surface area contributed by atoms with Crippen LogP contribution < -0.4 is 10.1 Å². The molecule has 0 saturated heterocycles. The minimum absolute atomic E-state index is 0.312. The fourth-order valence-electron chi connectivity index (χ4n) is 2.69. The zero-order valence-electron chi connectivity index (χ0n) is 14.5. The van der Waals surface area contributed by atoms with Gasteiger partial charge in [0.2, 0.25) is 0 Å². The lowest BCUT2D eigenvalue weighted by molar-refractivity contribution is 0.0527. The van der Waals surface area contributed by atoms with E-state index in [1.807, 2.05) is 49.4 Å². The predicted molar refractivity (Wildman–Crippen MR) is 98.7 cm³/mol. The van der Waals surface area contributed by atoms with Crippen LogP contribution in [0.5, 0.6) is 5.75 Å². The maximum atomic E-state index is 12.4. The number of methoxy groups -OCH3 is 1. The molecule has 0 bridgehead atoms. The summed E-state index contributed by atoms with van der Waals surface area (Å²) in [6.07, 6.45) is 1.57. The molecule has 0 atom stereocenters.